The van der Waals surface area contributed by atoms with E-state index in [2.05, 4.69) is 49.4 Å². The first kappa shape index (κ1) is 19.9. The number of benzene rings is 1. The lowest BCUT2D eigenvalue weighted by Gasteiger charge is -2.24. The van der Waals surface area contributed by atoms with Crippen molar-refractivity contribution in [2.45, 2.75) is 53.8 Å². The number of aromatic nitrogens is 2. The number of carbonyl (C=O) groups excluding carboxylic acids is 1. The third-order valence-corrected chi connectivity index (χ3v) is 5.24. The largest absolute Gasteiger partial charge is 0.346 e. The summed E-state index contributed by atoms with van der Waals surface area (Å²) in [5.74, 6) is 0.0621. The monoisotopic (exact) mass is 375 g/mol. The number of aryl methyl sites for hydroxylation is 2. The molecule has 0 spiro atoms. The van der Waals surface area contributed by atoms with Crippen molar-refractivity contribution < 1.29 is 4.79 Å². The van der Waals surface area contributed by atoms with Gasteiger partial charge < -0.3 is 9.47 Å². The zero-order chi connectivity index (χ0) is 20.3. The van der Waals surface area contributed by atoms with Crippen LogP contribution in [0, 0.1) is 20.8 Å². The van der Waals surface area contributed by atoms with Gasteiger partial charge in [-0.3, -0.25) is 9.78 Å². The molecule has 3 aromatic rings. The highest BCUT2D eigenvalue weighted by Gasteiger charge is 2.23. The zero-order valence-corrected chi connectivity index (χ0v) is 17.4. The molecule has 0 N–H and O–H groups in total. The Kier molecular flexibility index (Phi) is 5.98. The molecule has 2 aromatic heterocycles. The van der Waals surface area contributed by atoms with Gasteiger partial charge >= 0.3 is 0 Å². The van der Waals surface area contributed by atoms with Gasteiger partial charge in [-0.15, -0.1) is 0 Å². The van der Waals surface area contributed by atoms with Crippen molar-refractivity contribution in [3.05, 3.63) is 88.5 Å². The molecular weight excluding hydrogens is 346 g/mol. The van der Waals surface area contributed by atoms with Gasteiger partial charge in [0.05, 0.1) is 5.56 Å². The fourth-order valence-electron chi connectivity index (χ4n) is 3.86. The summed E-state index contributed by atoms with van der Waals surface area (Å²) in [6.45, 7) is 11.6. The van der Waals surface area contributed by atoms with Crippen LogP contribution in [-0.2, 0) is 13.1 Å². The molecule has 28 heavy (non-hydrogen) atoms. The molecule has 4 heteroatoms. The first-order valence-electron chi connectivity index (χ1n) is 9.79. The number of pyridine rings is 1. The van der Waals surface area contributed by atoms with Crippen LogP contribution in [0.15, 0.2) is 54.9 Å². The van der Waals surface area contributed by atoms with Gasteiger partial charge in [0.2, 0.25) is 0 Å². The van der Waals surface area contributed by atoms with E-state index in [1.807, 2.05) is 48.4 Å². The SMILES string of the molecule is Cc1ccccc1CN(Cc1cccnc1)C(=O)c1cc(C)n(C(C)C)c1C. The van der Waals surface area contributed by atoms with Crippen molar-refractivity contribution in [2.24, 2.45) is 0 Å². The van der Waals surface area contributed by atoms with Gasteiger partial charge in [-0.2, -0.15) is 0 Å². The van der Waals surface area contributed by atoms with Crippen molar-refractivity contribution in [2.75, 3.05) is 0 Å². The highest BCUT2D eigenvalue weighted by atomic mass is 16.2. The van der Waals surface area contributed by atoms with Crippen LogP contribution in [0.3, 0.4) is 0 Å². The molecular formula is C24H29N3O. The van der Waals surface area contributed by atoms with E-state index in [9.17, 15) is 4.79 Å². The van der Waals surface area contributed by atoms with E-state index < -0.39 is 0 Å². The normalized spacial score (nSPS) is 11.1. The van der Waals surface area contributed by atoms with E-state index in [-0.39, 0.29) is 5.91 Å². The molecule has 0 saturated carbocycles. The number of hydrogen-bond donors (Lipinski definition) is 0. The molecule has 0 fully saturated rings. The zero-order valence-electron chi connectivity index (χ0n) is 17.4. The van der Waals surface area contributed by atoms with Crippen LogP contribution in [0.5, 0.6) is 0 Å². The molecule has 0 bridgehead atoms. The summed E-state index contributed by atoms with van der Waals surface area (Å²) >= 11 is 0. The summed E-state index contributed by atoms with van der Waals surface area (Å²) in [6, 6.07) is 14.5. The van der Waals surface area contributed by atoms with E-state index >= 15 is 0 Å². The number of nitrogens with zero attached hydrogens (tertiary/aromatic N) is 3. The maximum atomic E-state index is 13.6. The van der Waals surface area contributed by atoms with E-state index in [1.165, 1.54) is 5.56 Å². The average molecular weight is 376 g/mol. The predicted octanol–water partition coefficient (Wildman–Crippen LogP) is 5.23. The fourth-order valence-corrected chi connectivity index (χ4v) is 3.86. The Morgan fingerprint density at radius 2 is 1.82 bits per heavy atom. The predicted molar refractivity (Wildman–Crippen MR) is 113 cm³/mol. The van der Waals surface area contributed by atoms with Gasteiger partial charge in [-0.1, -0.05) is 30.3 Å². The van der Waals surface area contributed by atoms with Crippen LogP contribution >= 0.6 is 0 Å². The molecule has 3 rings (SSSR count). The third kappa shape index (κ3) is 4.16. The van der Waals surface area contributed by atoms with E-state index in [4.69, 9.17) is 0 Å². The standard InChI is InChI=1S/C24H29N3O/c1-17(2)27-19(4)13-23(20(27)5)24(28)26(15-21-10-8-12-25-14-21)16-22-11-7-6-9-18(22)3/h6-14,17H,15-16H2,1-5H3. The molecule has 146 valence electrons. The summed E-state index contributed by atoms with van der Waals surface area (Å²) in [5.41, 5.74) is 6.31. The molecule has 0 radical (unpaired) electrons. The molecule has 0 unspecified atom stereocenters. The van der Waals surface area contributed by atoms with Gasteiger partial charge in [0, 0.05) is 42.9 Å². The van der Waals surface area contributed by atoms with Gasteiger partial charge in [0.25, 0.3) is 5.91 Å². The maximum Gasteiger partial charge on any atom is 0.256 e. The van der Waals surface area contributed by atoms with Crippen molar-refractivity contribution in [1.82, 2.24) is 14.5 Å². The van der Waals surface area contributed by atoms with Crippen LogP contribution in [0.4, 0.5) is 0 Å². The van der Waals surface area contributed by atoms with E-state index in [1.54, 1.807) is 6.20 Å². The minimum absolute atomic E-state index is 0.0621. The van der Waals surface area contributed by atoms with Gasteiger partial charge in [0.15, 0.2) is 0 Å². The average Bonchev–Trinajstić information content (AvgIpc) is 2.97. The van der Waals surface area contributed by atoms with Crippen LogP contribution in [0.2, 0.25) is 0 Å². The first-order chi connectivity index (χ1) is 13.4. The lowest BCUT2D eigenvalue weighted by atomic mass is 10.1. The summed E-state index contributed by atoms with van der Waals surface area (Å²) in [6.07, 6.45) is 3.59. The van der Waals surface area contributed by atoms with E-state index in [0.717, 1.165) is 28.1 Å². The Hall–Kier alpha value is -2.88. The fraction of sp³-hybridized carbons (Fsp3) is 0.333. The molecule has 2 heterocycles. The molecule has 0 aliphatic rings. The van der Waals surface area contributed by atoms with Crippen LogP contribution < -0.4 is 0 Å². The van der Waals surface area contributed by atoms with Crippen LogP contribution in [-0.4, -0.2) is 20.4 Å². The quantitative estimate of drug-likeness (QED) is 0.591. The topological polar surface area (TPSA) is 38.1 Å². The van der Waals surface area contributed by atoms with Crippen molar-refractivity contribution in [3.63, 3.8) is 0 Å². The Balaban J connectivity index is 1.97. The summed E-state index contributed by atoms with van der Waals surface area (Å²) in [5, 5.41) is 0. The number of carbonyl (C=O) groups is 1. The van der Waals surface area contributed by atoms with Gasteiger partial charge in [-0.05, 0) is 63.4 Å². The van der Waals surface area contributed by atoms with Crippen molar-refractivity contribution in [1.29, 1.82) is 0 Å². The van der Waals surface area contributed by atoms with E-state index in [0.29, 0.717) is 19.1 Å². The molecule has 0 atom stereocenters. The maximum absolute atomic E-state index is 13.6. The Morgan fingerprint density at radius 1 is 1.07 bits per heavy atom. The molecule has 1 amide bonds. The summed E-state index contributed by atoms with van der Waals surface area (Å²) in [4.78, 5) is 19.7. The van der Waals surface area contributed by atoms with Crippen molar-refractivity contribution >= 4 is 5.91 Å². The van der Waals surface area contributed by atoms with Crippen molar-refractivity contribution in [3.8, 4) is 0 Å². The smallest absolute Gasteiger partial charge is 0.256 e. The first-order valence-corrected chi connectivity index (χ1v) is 9.79. The molecule has 0 aliphatic carbocycles. The van der Waals surface area contributed by atoms with Gasteiger partial charge in [-0.25, -0.2) is 0 Å². The number of hydrogen-bond acceptors (Lipinski definition) is 2. The second-order valence-electron chi connectivity index (χ2n) is 7.70. The highest BCUT2D eigenvalue weighted by molar-refractivity contribution is 5.95. The molecule has 0 aliphatic heterocycles. The molecule has 1 aromatic carbocycles. The minimum Gasteiger partial charge on any atom is -0.346 e. The van der Waals surface area contributed by atoms with Crippen LogP contribution in [0.25, 0.3) is 0 Å². The third-order valence-electron chi connectivity index (χ3n) is 5.24. The van der Waals surface area contributed by atoms with Crippen LogP contribution in [0.1, 0.15) is 58.3 Å². The number of rotatable bonds is 6. The summed E-state index contributed by atoms with van der Waals surface area (Å²) in [7, 11) is 0. The highest BCUT2D eigenvalue weighted by Crippen LogP contribution is 2.23. The Bertz CT molecular complexity index is 957. The Morgan fingerprint density at radius 3 is 2.43 bits per heavy atom. The molecule has 0 saturated heterocycles. The molecule has 4 nitrogen and oxygen atoms in total. The van der Waals surface area contributed by atoms with Gasteiger partial charge in [0.1, 0.15) is 0 Å². The minimum atomic E-state index is 0.0621. The lowest BCUT2D eigenvalue weighted by molar-refractivity contribution is 0.0728. The lowest BCUT2D eigenvalue weighted by Crippen LogP contribution is -2.31. The Labute approximate surface area is 167 Å². The summed E-state index contributed by atoms with van der Waals surface area (Å²) < 4.78 is 2.23. The second kappa shape index (κ2) is 8.42. The second-order valence-corrected chi connectivity index (χ2v) is 7.70. The number of amides is 1.